The second-order valence-corrected chi connectivity index (χ2v) is 4.23. The number of benzene rings is 2. The molecule has 0 N–H and O–H groups in total. The number of ether oxygens (including phenoxy) is 1. The molecule has 0 saturated carbocycles. The maximum Gasteiger partial charge on any atom is 0.179 e. The molecule has 0 unspecified atom stereocenters. The highest BCUT2D eigenvalue weighted by molar-refractivity contribution is 5.85. The van der Waals surface area contributed by atoms with Gasteiger partial charge >= 0.3 is 0 Å². The highest BCUT2D eigenvalue weighted by Gasteiger charge is 1.99. The van der Waals surface area contributed by atoms with Gasteiger partial charge in [-0.05, 0) is 41.5 Å². The van der Waals surface area contributed by atoms with Gasteiger partial charge in [-0.25, -0.2) is 0 Å². The third-order valence-electron chi connectivity index (χ3n) is 2.80. The SMILES string of the molecule is CCCCCOc1ccc2ccc([O])cc2c1. The summed E-state index contributed by atoms with van der Waals surface area (Å²) in [4.78, 5) is 0. The smallest absolute Gasteiger partial charge is 0.179 e. The maximum atomic E-state index is 11.3. The van der Waals surface area contributed by atoms with Gasteiger partial charge < -0.3 is 4.74 Å². The quantitative estimate of drug-likeness (QED) is 0.691. The summed E-state index contributed by atoms with van der Waals surface area (Å²) in [6.07, 6.45) is 3.47. The van der Waals surface area contributed by atoms with Crippen LogP contribution < -0.4 is 4.74 Å². The first-order chi connectivity index (χ1) is 8.29. The third kappa shape index (κ3) is 3.13. The van der Waals surface area contributed by atoms with Crippen LogP contribution >= 0.6 is 0 Å². The molecule has 1 radical (unpaired) electrons. The van der Waals surface area contributed by atoms with Crippen molar-refractivity contribution in [2.45, 2.75) is 26.2 Å². The van der Waals surface area contributed by atoms with Crippen LogP contribution in [0.2, 0.25) is 0 Å². The van der Waals surface area contributed by atoms with E-state index in [-0.39, 0.29) is 5.75 Å². The molecule has 0 fully saturated rings. The van der Waals surface area contributed by atoms with Gasteiger partial charge in [-0.3, -0.25) is 5.11 Å². The van der Waals surface area contributed by atoms with Crippen molar-refractivity contribution in [2.24, 2.45) is 0 Å². The lowest BCUT2D eigenvalue weighted by Gasteiger charge is -2.06. The highest BCUT2D eigenvalue weighted by atomic mass is 16.5. The van der Waals surface area contributed by atoms with Crippen molar-refractivity contribution in [3.8, 4) is 11.5 Å². The van der Waals surface area contributed by atoms with E-state index in [1.54, 1.807) is 12.1 Å². The Labute approximate surface area is 102 Å². The van der Waals surface area contributed by atoms with E-state index in [0.717, 1.165) is 29.5 Å². The minimum absolute atomic E-state index is 0.0423. The van der Waals surface area contributed by atoms with Crippen LogP contribution in [-0.4, -0.2) is 6.61 Å². The summed E-state index contributed by atoms with van der Waals surface area (Å²) < 4.78 is 5.65. The van der Waals surface area contributed by atoms with E-state index >= 15 is 0 Å². The molecule has 0 amide bonds. The van der Waals surface area contributed by atoms with Crippen LogP contribution in [0.4, 0.5) is 0 Å². The van der Waals surface area contributed by atoms with Crippen molar-refractivity contribution >= 4 is 10.8 Å². The molecule has 0 aromatic heterocycles. The van der Waals surface area contributed by atoms with Crippen LogP contribution in [0.3, 0.4) is 0 Å². The van der Waals surface area contributed by atoms with Gasteiger partial charge in [0.2, 0.25) is 0 Å². The van der Waals surface area contributed by atoms with Crippen molar-refractivity contribution in [1.29, 1.82) is 0 Å². The fraction of sp³-hybridized carbons (Fsp3) is 0.333. The standard InChI is InChI=1S/C15H17O2/c1-2-3-4-9-17-15-8-6-12-5-7-14(16)10-13(12)11-15/h5-8,10-11H,2-4,9H2,1H3. The van der Waals surface area contributed by atoms with Crippen LogP contribution in [0, 0.1) is 0 Å². The number of hydrogen-bond donors (Lipinski definition) is 0. The molecule has 0 spiro atoms. The lowest BCUT2D eigenvalue weighted by molar-refractivity contribution is 0.306. The first-order valence-electron chi connectivity index (χ1n) is 6.13. The van der Waals surface area contributed by atoms with E-state index in [4.69, 9.17) is 4.74 Å². The average Bonchev–Trinajstić information content (AvgIpc) is 2.34. The molecular formula is C15H17O2. The van der Waals surface area contributed by atoms with E-state index in [0.29, 0.717) is 0 Å². The predicted octanol–water partition coefficient (Wildman–Crippen LogP) is 4.55. The topological polar surface area (TPSA) is 29.1 Å². The lowest BCUT2D eigenvalue weighted by Crippen LogP contribution is -1.96. The Morgan fingerprint density at radius 3 is 2.65 bits per heavy atom. The van der Waals surface area contributed by atoms with Crippen LogP contribution in [-0.2, 0) is 5.11 Å². The van der Waals surface area contributed by atoms with E-state index in [9.17, 15) is 5.11 Å². The summed E-state index contributed by atoms with van der Waals surface area (Å²) in [7, 11) is 0. The fourth-order valence-corrected chi connectivity index (χ4v) is 1.83. The van der Waals surface area contributed by atoms with E-state index < -0.39 is 0 Å². The van der Waals surface area contributed by atoms with Gasteiger partial charge in [0.15, 0.2) is 5.75 Å². The molecule has 89 valence electrons. The molecule has 2 aromatic rings. The van der Waals surface area contributed by atoms with E-state index in [1.807, 2.05) is 24.3 Å². The van der Waals surface area contributed by atoms with Gasteiger partial charge in [-0.2, -0.15) is 0 Å². The number of hydrogen-bond acceptors (Lipinski definition) is 1. The van der Waals surface area contributed by atoms with Gasteiger partial charge in [-0.1, -0.05) is 31.9 Å². The molecule has 0 bridgehead atoms. The molecule has 0 aliphatic rings. The summed E-state index contributed by atoms with van der Waals surface area (Å²) in [6.45, 7) is 2.92. The molecule has 2 aromatic carbocycles. The summed E-state index contributed by atoms with van der Waals surface area (Å²) in [5.41, 5.74) is 0. The second-order valence-electron chi connectivity index (χ2n) is 4.23. The minimum Gasteiger partial charge on any atom is -0.494 e. The number of rotatable bonds is 5. The Morgan fingerprint density at radius 1 is 1.00 bits per heavy atom. The van der Waals surface area contributed by atoms with Gasteiger partial charge in [0.05, 0.1) is 6.61 Å². The Balaban J connectivity index is 2.08. The van der Waals surface area contributed by atoms with Crippen molar-refractivity contribution in [1.82, 2.24) is 0 Å². The molecule has 0 aliphatic carbocycles. The summed E-state index contributed by atoms with van der Waals surface area (Å²) >= 11 is 0. The van der Waals surface area contributed by atoms with Crippen LogP contribution in [0.15, 0.2) is 36.4 Å². The molecule has 2 rings (SSSR count). The summed E-state index contributed by atoms with van der Waals surface area (Å²) in [5.74, 6) is 0.889. The Kier molecular flexibility index (Phi) is 3.86. The predicted molar refractivity (Wildman–Crippen MR) is 69.1 cm³/mol. The summed E-state index contributed by atoms with van der Waals surface area (Å²) in [6, 6.07) is 11.0. The van der Waals surface area contributed by atoms with E-state index in [2.05, 4.69) is 6.92 Å². The van der Waals surface area contributed by atoms with Crippen molar-refractivity contribution in [2.75, 3.05) is 6.61 Å². The van der Waals surface area contributed by atoms with Crippen molar-refractivity contribution in [3.63, 3.8) is 0 Å². The lowest BCUT2D eigenvalue weighted by atomic mass is 10.1. The van der Waals surface area contributed by atoms with Crippen molar-refractivity contribution < 1.29 is 9.84 Å². The summed E-state index contributed by atoms with van der Waals surface area (Å²) in [5, 5.41) is 13.3. The zero-order chi connectivity index (χ0) is 12.1. The maximum absolute atomic E-state index is 11.3. The van der Waals surface area contributed by atoms with Crippen LogP contribution in [0.25, 0.3) is 10.8 Å². The molecule has 0 atom stereocenters. The van der Waals surface area contributed by atoms with Gasteiger partial charge in [0, 0.05) is 0 Å². The minimum atomic E-state index is 0.0423. The van der Waals surface area contributed by atoms with Gasteiger partial charge in [0.1, 0.15) is 5.75 Å². The largest absolute Gasteiger partial charge is 0.494 e. The molecule has 0 heterocycles. The average molecular weight is 229 g/mol. The molecular weight excluding hydrogens is 212 g/mol. The first kappa shape index (κ1) is 11.8. The number of fused-ring (bicyclic) bond motifs is 1. The zero-order valence-electron chi connectivity index (χ0n) is 10.1. The molecule has 0 saturated heterocycles. The second kappa shape index (κ2) is 5.58. The molecule has 2 nitrogen and oxygen atoms in total. The number of unbranched alkanes of at least 4 members (excludes halogenated alkanes) is 2. The van der Waals surface area contributed by atoms with Gasteiger partial charge in [0.25, 0.3) is 0 Å². The Bertz CT molecular complexity index is 491. The first-order valence-corrected chi connectivity index (χ1v) is 6.13. The van der Waals surface area contributed by atoms with Crippen molar-refractivity contribution in [3.05, 3.63) is 36.4 Å². The van der Waals surface area contributed by atoms with E-state index in [1.165, 1.54) is 12.8 Å². The van der Waals surface area contributed by atoms with Gasteiger partial charge in [-0.15, -0.1) is 0 Å². The highest BCUT2D eigenvalue weighted by Crippen LogP contribution is 2.24. The monoisotopic (exact) mass is 229 g/mol. The van der Waals surface area contributed by atoms with Crippen LogP contribution in [0.5, 0.6) is 11.5 Å². The molecule has 17 heavy (non-hydrogen) atoms. The Hall–Kier alpha value is -1.70. The Morgan fingerprint density at radius 2 is 1.82 bits per heavy atom. The van der Waals surface area contributed by atoms with Crippen LogP contribution in [0.1, 0.15) is 26.2 Å². The molecule has 2 heteroatoms. The molecule has 0 aliphatic heterocycles. The fourth-order valence-electron chi connectivity index (χ4n) is 1.83. The zero-order valence-corrected chi connectivity index (χ0v) is 10.1. The third-order valence-corrected chi connectivity index (χ3v) is 2.80. The normalized spacial score (nSPS) is 10.6.